The number of nitrogens with zero attached hydrogens (tertiary/aromatic N) is 1. The molecule has 2 aromatic carbocycles. The van der Waals surface area contributed by atoms with Crippen LogP contribution in [0.25, 0.3) is 0 Å². The predicted molar refractivity (Wildman–Crippen MR) is 78.4 cm³/mol. The van der Waals surface area contributed by atoms with Crippen LogP contribution in [0.1, 0.15) is 43.6 Å². The second-order valence-corrected chi connectivity index (χ2v) is 5.30. The normalized spacial score (nSPS) is 13.9. The molecule has 5 nitrogen and oxygen atoms in total. The Hall–Kier alpha value is -3.09. The summed E-state index contributed by atoms with van der Waals surface area (Å²) >= 11 is 0. The van der Waals surface area contributed by atoms with Gasteiger partial charge in [-0.2, -0.15) is 0 Å². The molecule has 0 radical (unpaired) electrons. The Morgan fingerprint density at radius 3 is 2.12 bits per heavy atom. The van der Waals surface area contributed by atoms with Crippen LogP contribution in [0.5, 0.6) is 0 Å². The van der Waals surface area contributed by atoms with E-state index in [1.165, 1.54) is 30.3 Å². The fraction of sp³-hybridized carbons (Fsp3) is 0.118. The van der Waals surface area contributed by atoms with E-state index in [0.717, 1.165) is 6.07 Å². The van der Waals surface area contributed by atoms with Crippen molar-refractivity contribution in [1.82, 2.24) is 5.06 Å². The lowest BCUT2D eigenvalue weighted by molar-refractivity contribution is -0.0585. The third-order valence-electron chi connectivity index (χ3n) is 3.54. The van der Waals surface area contributed by atoms with Crippen molar-refractivity contribution in [2.24, 2.45) is 0 Å². The number of hydroxylamine groups is 2. The number of rotatable bonds is 3. The Balaban J connectivity index is 1.84. The standard InChI is InChI=1S/C17H11F2NO4/c1-17(18,19)11-6-4-5-10(9-11)16(23)24-20-14(21)12-7-2-3-8-13(12)15(20)22/h2-9H,1H3. The summed E-state index contributed by atoms with van der Waals surface area (Å²) in [7, 11) is 0. The number of hydrogen-bond acceptors (Lipinski definition) is 4. The monoisotopic (exact) mass is 331 g/mol. The van der Waals surface area contributed by atoms with Gasteiger partial charge in [0.15, 0.2) is 0 Å². The van der Waals surface area contributed by atoms with Gasteiger partial charge in [-0.25, -0.2) is 13.6 Å². The van der Waals surface area contributed by atoms with Crippen LogP contribution in [0.3, 0.4) is 0 Å². The molecule has 0 spiro atoms. The van der Waals surface area contributed by atoms with Crippen molar-refractivity contribution in [3.05, 3.63) is 70.8 Å². The molecule has 0 saturated heterocycles. The summed E-state index contributed by atoms with van der Waals surface area (Å²) in [6, 6.07) is 10.7. The van der Waals surface area contributed by atoms with Crippen molar-refractivity contribution < 1.29 is 28.0 Å². The third-order valence-corrected chi connectivity index (χ3v) is 3.54. The average Bonchev–Trinajstić information content (AvgIpc) is 2.80. The highest BCUT2D eigenvalue weighted by Gasteiger charge is 2.39. The first kappa shape index (κ1) is 15.8. The van der Waals surface area contributed by atoms with Gasteiger partial charge in [0.2, 0.25) is 0 Å². The van der Waals surface area contributed by atoms with Crippen LogP contribution in [0, 0.1) is 0 Å². The molecule has 1 heterocycles. The molecule has 0 aliphatic carbocycles. The van der Waals surface area contributed by atoms with E-state index in [-0.39, 0.29) is 22.3 Å². The van der Waals surface area contributed by atoms with Gasteiger partial charge >= 0.3 is 5.97 Å². The molecular formula is C17H11F2NO4. The van der Waals surface area contributed by atoms with E-state index in [4.69, 9.17) is 4.84 Å². The van der Waals surface area contributed by atoms with Crippen LogP contribution < -0.4 is 0 Å². The van der Waals surface area contributed by atoms with Crippen LogP contribution in [0.15, 0.2) is 48.5 Å². The number of hydrogen-bond donors (Lipinski definition) is 0. The second kappa shape index (κ2) is 5.52. The SMILES string of the molecule is CC(F)(F)c1cccc(C(=O)ON2C(=O)c3ccccc3C2=O)c1. The fourth-order valence-electron chi connectivity index (χ4n) is 2.30. The van der Waals surface area contributed by atoms with Crippen LogP contribution in [0.2, 0.25) is 0 Å². The molecule has 0 saturated carbocycles. The zero-order valence-corrected chi connectivity index (χ0v) is 12.5. The van der Waals surface area contributed by atoms with E-state index in [1.54, 1.807) is 12.1 Å². The van der Waals surface area contributed by atoms with E-state index in [9.17, 15) is 23.2 Å². The van der Waals surface area contributed by atoms with Gasteiger partial charge in [-0.1, -0.05) is 29.3 Å². The van der Waals surface area contributed by atoms with Crippen molar-refractivity contribution in [2.45, 2.75) is 12.8 Å². The average molecular weight is 331 g/mol. The first-order valence-electron chi connectivity index (χ1n) is 6.97. The highest BCUT2D eigenvalue weighted by Crippen LogP contribution is 2.28. The summed E-state index contributed by atoms with van der Waals surface area (Å²) in [5.41, 5.74) is -0.335. The molecule has 2 amide bonds. The lowest BCUT2D eigenvalue weighted by atomic mass is 10.1. The quantitative estimate of drug-likeness (QED) is 0.811. The lowest BCUT2D eigenvalue weighted by Crippen LogP contribution is -2.32. The minimum atomic E-state index is -3.13. The van der Waals surface area contributed by atoms with Gasteiger partial charge in [0, 0.05) is 12.5 Å². The van der Waals surface area contributed by atoms with Crippen molar-refractivity contribution in [3.8, 4) is 0 Å². The Kier molecular flexibility index (Phi) is 3.63. The number of carbonyl (C=O) groups excluding carboxylic acids is 3. The molecule has 0 unspecified atom stereocenters. The van der Waals surface area contributed by atoms with Crippen molar-refractivity contribution >= 4 is 17.8 Å². The van der Waals surface area contributed by atoms with E-state index in [0.29, 0.717) is 12.0 Å². The zero-order valence-electron chi connectivity index (χ0n) is 12.5. The Morgan fingerprint density at radius 1 is 1.00 bits per heavy atom. The summed E-state index contributed by atoms with van der Waals surface area (Å²) in [5, 5.41) is 0.337. The number of imide groups is 1. The molecule has 0 aromatic heterocycles. The summed E-state index contributed by atoms with van der Waals surface area (Å²) in [4.78, 5) is 41.1. The Bertz CT molecular complexity index is 823. The van der Waals surface area contributed by atoms with E-state index in [1.807, 2.05) is 0 Å². The summed E-state index contributed by atoms with van der Waals surface area (Å²) < 4.78 is 26.7. The van der Waals surface area contributed by atoms with Gasteiger partial charge in [0.1, 0.15) is 0 Å². The molecule has 2 aromatic rings. The molecule has 1 aliphatic heterocycles. The highest BCUT2D eigenvalue weighted by atomic mass is 19.3. The Labute approximate surface area is 135 Å². The molecule has 24 heavy (non-hydrogen) atoms. The van der Waals surface area contributed by atoms with Gasteiger partial charge in [-0.3, -0.25) is 9.59 Å². The molecular weight excluding hydrogens is 320 g/mol. The maximum absolute atomic E-state index is 13.3. The molecule has 0 atom stereocenters. The van der Waals surface area contributed by atoms with Crippen LogP contribution in [-0.4, -0.2) is 22.8 Å². The molecule has 0 bridgehead atoms. The fourth-order valence-corrected chi connectivity index (χ4v) is 2.30. The van der Waals surface area contributed by atoms with Gasteiger partial charge in [-0.15, -0.1) is 0 Å². The minimum absolute atomic E-state index is 0.115. The summed E-state index contributed by atoms with van der Waals surface area (Å²) in [6.45, 7) is 0.696. The van der Waals surface area contributed by atoms with Crippen LogP contribution >= 0.6 is 0 Å². The van der Waals surface area contributed by atoms with Crippen molar-refractivity contribution in [3.63, 3.8) is 0 Å². The third kappa shape index (κ3) is 2.64. The van der Waals surface area contributed by atoms with E-state index < -0.39 is 23.7 Å². The number of alkyl halides is 2. The maximum atomic E-state index is 13.3. The van der Waals surface area contributed by atoms with E-state index in [2.05, 4.69) is 0 Å². The van der Waals surface area contributed by atoms with Crippen LogP contribution in [-0.2, 0) is 10.8 Å². The minimum Gasteiger partial charge on any atom is -0.324 e. The topological polar surface area (TPSA) is 63.7 Å². The smallest absolute Gasteiger partial charge is 0.324 e. The second-order valence-electron chi connectivity index (χ2n) is 5.30. The molecule has 3 rings (SSSR count). The van der Waals surface area contributed by atoms with Gasteiger partial charge in [-0.05, 0) is 24.3 Å². The summed E-state index contributed by atoms with van der Waals surface area (Å²) in [6.07, 6.45) is 0. The molecule has 122 valence electrons. The van der Waals surface area contributed by atoms with Gasteiger partial charge in [0.05, 0.1) is 16.7 Å². The first-order valence-corrected chi connectivity index (χ1v) is 6.97. The molecule has 7 heteroatoms. The summed E-state index contributed by atoms with van der Waals surface area (Å²) in [5.74, 6) is -5.76. The predicted octanol–water partition coefficient (Wildman–Crippen LogP) is 3.17. The van der Waals surface area contributed by atoms with Crippen LogP contribution in [0.4, 0.5) is 8.78 Å². The zero-order chi connectivity index (χ0) is 17.5. The number of benzene rings is 2. The Morgan fingerprint density at radius 2 is 1.58 bits per heavy atom. The first-order chi connectivity index (χ1) is 11.3. The largest absolute Gasteiger partial charge is 0.363 e. The number of amides is 2. The van der Waals surface area contributed by atoms with E-state index >= 15 is 0 Å². The molecule has 1 aliphatic rings. The maximum Gasteiger partial charge on any atom is 0.363 e. The van der Waals surface area contributed by atoms with Crippen molar-refractivity contribution in [2.75, 3.05) is 0 Å². The molecule has 0 N–H and O–H groups in total. The highest BCUT2D eigenvalue weighted by molar-refractivity contribution is 6.21. The lowest BCUT2D eigenvalue weighted by Gasteiger charge is -2.14. The molecule has 0 fully saturated rings. The van der Waals surface area contributed by atoms with Crippen molar-refractivity contribution in [1.29, 1.82) is 0 Å². The number of carbonyl (C=O) groups is 3. The number of halogens is 2. The van der Waals surface area contributed by atoms with Gasteiger partial charge < -0.3 is 4.84 Å². The van der Waals surface area contributed by atoms with Gasteiger partial charge in [0.25, 0.3) is 17.7 Å². The number of fused-ring (bicyclic) bond motifs is 1.